The van der Waals surface area contributed by atoms with Gasteiger partial charge in [-0.25, -0.2) is 5.43 Å². The van der Waals surface area contributed by atoms with Crippen molar-refractivity contribution in [2.75, 3.05) is 6.61 Å². The molecule has 2 aromatic rings. The highest BCUT2D eigenvalue weighted by Gasteiger charge is 2.12. The van der Waals surface area contributed by atoms with E-state index in [9.17, 15) is 0 Å². The molecule has 1 atom stereocenters. The van der Waals surface area contributed by atoms with Crippen LogP contribution < -0.4 is 16.0 Å². The van der Waals surface area contributed by atoms with Crippen LogP contribution in [0.1, 0.15) is 24.1 Å². The minimum atomic E-state index is -0.0621. The smallest absolute Gasteiger partial charge is 0.119 e. The Balaban J connectivity index is 2.23. The number of nitrogens with two attached hydrogens (primary N) is 1. The van der Waals surface area contributed by atoms with Crippen LogP contribution in [0.3, 0.4) is 0 Å². The molecular weight excluding hydrogens is 260 g/mol. The zero-order valence-electron chi connectivity index (χ0n) is 10.8. The highest BCUT2D eigenvalue weighted by Crippen LogP contribution is 2.24. The molecular formula is C15H17ClN2O. The Morgan fingerprint density at radius 2 is 1.58 bits per heavy atom. The second kappa shape index (κ2) is 6.57. The summed E-state index contributed by atoms with van der Waals surface area (Å²) in [6, 6.07) is 15.5. The third-order valence-corrected chi connectivity index (χ3v) is 3.15. The normalized spacial score (nSPS) is 12.2. The largest absolute Gasteiger partial charge is 0.494 e. The first-order valence-corrected chi connectivity index (χ1v) is 6.56. The zero-order chi connectivity index (χ0) is 13.7. The molecule has 1 unspecified atom stereocenters. The number of hydrogen-bond acceptors (Lipinski definition) is 3. The lowest BCUT2D eigenvalue weighted by molar-refractivity contribution is 0.340. The third kappa shape index (κ3) is 3.47. The molecule has 0 aliphatic rings. The van der Waals surface area contributed by atoms with Crippen molar-refractivity contribution in [2.24, 2.45) is 5.84 Å². The molecule has 0 radical (unpaired) electrons. The highest BCUT2D eigenvalue weighted by atomic mass is 35.5. The fourth-order valence-corrected chi connectivity index (χ4v) is 2.09. The Morgan fingerprint density at radius 1 is 1.05 bits per heavy atom. The van der Waals surface area contributed by atoms with Crippen LogP contribution in [0.5, 0.6) is 5.75 Å². The summed E-state index contributed by atoms with van der Waals surface area (Å²) in [6.45, 7) is 2.63. The summed E-state index contributed by atoms with van der Waals surface area (Å²) in [5, 5.41) is 0.714. The minimum Gasteiger partial charge on any atom is -0.494 e. The average Bonchev–Trinajstić information content (AvgIpc) is 2.44. The van der Waals surface area contributed by atoms with E-state index in [1.807, 2.05) is 55.5 Å². The Hall–Kier alpha value is -1.55. The molecule has 0 fully saturated rings. The van der Waals surface area contributed by atoms with Gasteiger partial charge in [0.15, 0.2) is 0 Å². The van der Waals surface area contributed by atoms with Crippen molar-refractivity contribution in [1.82, 2.24) is 5.43 Å². The molecule has 0 saturated carbocycles. The quantitative estimate of drug-likeness (QED) is 0.651. The monoisotopic (exact) mass is 276 g/mol. The van der Waals surface area contributed by atoms with Crippen molar-refractivity contribution >= 4 is 11.6 Å². The van der Waals surface area contributed by atoms with Gasteiger partial charge >= 0.3 is 0 Å². The molecule has 3 nitrogen and oxygen atoms in total. The van der Waals surface area contributed by atoms with E-state index in [4.69, 9.17) is 22.2 Å². The number of halogens is 1. The van der Waals surface area contributed by atoms with Gasteiger partial charge in [-0.3, -0.25) is 5.84 Å². The molecule has 19 heavy (non-hydrogen) atoms. The Kier molecular flexibility index (Phi) is 4.80. The molecule has 0 bridgehead atoms. The molecule has 3 N–H and O–H groups in total. The molecule has 2 rings (SSSR count). The van der Waals surface area contributed by atoms with Crippen LogP contribution in [-0.2, 0) is 0 Å². The molecule has 0 aromatic heterocycles. The molecule has 0 aliphatic carbocycles. The first-order valence-electron chi connectivity index (χ1n) is 6.19. The van der Waals surface area contributed by atoms with Crippen molar-refractivity contribution in [3.05, 3.63) is 64.7 Å². The summed E-state index contributed by atoms with van der Waals surface area (Å²) in [5.41, 5.74) is 4.96. The van der Waals surface area contributed by atoms with Gasteiger partial charge in [0.1, 0.15) is 5.75 Å². The lowest BCUT2D eigenvalue weighted by Crippen LogP contribution is -2.28. The van der Waals surface area contributed by atoms with Crippen LogP contribution in [0.2, 0.25) is 5.02 Å². The van der Waals surface area contributed by atoms with Crippen LogP contribution in [0.15, 0.2) is 48.5 Å². The molecule has 4 heteroatoms. The average molecular weight is 277 g/mol. The van der Waals surface area contributed by atoms with Crippen LogP contribution in [0.4, 0.5) is 0 Å². The van der Waals surface area contributed by atoms with Crippen LogP contribution in [0.25, 0.3) is 0 Å². The lowest BCUT2D eigenvalue weighted by atomic mass is 9.99. The predicted octanol–water partition coefficient (Wildman–Crippen LogP) is 3.29. The van der Waals surface area contributed by atoms with Gasteiger partial charge in [0.2, 0.25) is 0 Å². The van der Waals surface area contributed by atoms with E-state index in [1.165, 1.54) is 0 Å². The summed E-state index contributed by atoms with van der Waals surface area (Å²) in [6.07, 6.45) is 0. The van der Waals surface area contributed by atoms with E-state index in [-0.39, 0.29) is 6.04 Å². The van der Waals surface area contributed by atoms with Crippen LogP contribution >= 0.6 is 11.6 Å². The fourth-order valence-electron chi connectivity index (χ4n) is 1.96. The van der Waals surface area contributed by atoms with E-state index >= 15 is 0 Å². The van der Waals surface area contributed by atoms with Gasteiger partial charge in [0.05, 0.1) is 12.6 Å². The van der Waals surface area contributed by atoms with Gasteiger partial charge in [-0.15, -0.1) is 0 Å². The van der Waals surface area contributed by atoms with E-state index in [2.05, 4.69) is 5.43 Å². The van der Waals surface area contributed by atoms with Crippen molar-refractivity contribution in [2.45, 2.75) is 13.0 Å². The maximum atomic E-state index is 5.89. The standard InChI is InChI=1S/C15H17ClN2O/c1-2-19-14-9-5-12(6-10-14)15(18-17)11-3-7-13(16)8-4-11/h3-10,15,18H,2,17H2,1H3. The highest BCUT2D eigenvalue weighted by molar-refractivity contribution is 6.30. The molecule has 0 heterocycles. The van der Waals surface area contributed by atoms with Gasteiger partial charge in [0, 0.05) is 5.02 Å². The maximum absolute atomic E-state index is 5.89. The molecule has 0 saturated heterocycles. The molecule has 0 spiro atoms. The number of rotatable bonds is 5. The second-order valence-corrected chi connectivity index (χ2v) is 4.59. The van der Waals surface area contributed by atoms with E-state index < -0.39 is 0 Å². The first kappa shape index (κ1) is 13.9. The number of nitrogens with one attached hydrogen (secondary N) is 1. The van der Waals surface area contributed by atoms with E-state index in [1.54, 1.807) is 0 Å². The summed E-state index contributed by atoms with van der Waals surface area (Å²) >= 11 is 5.89. The summed E-state index contributed by atoms with van der Waals surface area (Å²) in [7, 11) is 0. The SMILES string of the molecule is CCOc1ccc(C(NN)c2ccc(Cl)cc2)cc1. The molecule has 100 valence electrons. The van der Waals surface area contributed by atoms with Gasteiger partial charge in [-0.2, -0.15) is 0 Å². The lowest BCUT2D eigenvalue weighted by Gasteiger charge is -2.17. The van der Waals surface area contributed by atoms with Crippen molar-refractivity contribution in [3.63, 3.8) is 0 Å². The Bertz CT molecular complexity index is 511. The topological polar surface area (TPSA) is 47.3 Å². The van der Waals surface area contributed by atoms with Crippen molar-refractivity contribution in [1.29, 1.82) is 0 Å². The Labute approximate surface area is 118 Å². The third-order valence-electron chi connectivity index (χ3n) is 2.89. The fraction of sp³-hybridized carbons (Fsp3) is 0.200. The van der Waals surface area contributed by atoms with E-state index in [0.717, 1.165) is 16.9 Å². The maximum Gasteiger partial charge on any atom is 0.119 e. The van der Waals surface area contributed by atoms with Crippen LogP contribution in [-0.4, -0.2) is 6.61 Å². The molecule has 0 aliphatic heterocycles. The van der Waals surface area contributed by atoms with Gasteiger partial charge < -0.3 is 4.74 Å². The summed E-state index contributed by atoms with van der Waals surface area (Å²) in [5.74, 6) is 6.52. The number of hydrogen-bond donors (Lipinski definition) is 2. The summed E-state index contributed by atoms with van der Waals surface area (Å²) < 4.78 is 5.43. The second-order valence-electron chi connectivity index (χ2n) is 4.15. The Morgan fingerprint density at radius 3 is 2.05 bits per heavy atom. The molecule has 2 aromatic carbocycles. The predicted molar refractivity (Wildman–Crippen MR) is 78.2 cm³/mol. The number of hydrazine groups is 1. The molecule has 0 amide bonds. The van der Waals surface area contributed by atoms with Crippen LogP contribution in [0, 0.1) is 0 Å². The zero-order valence-corrected chi connectivity index (χ0v) is 11.5. The van der Waals surface area contributed by atoms with Crippen molar-refractivity contribution < 1.29 is 4.74 Å². The number of benzene rings is 2. The van der Waals surface area contributed by atoms with Crippen molar-refractivity contribution in [3.8, 4) is 5.75 Å². The van der Waals surface area contributed by atoms with Gasteiger partial charge in [0.25, 0.3) is 0 Å². The van der Waals surface area contributed by atoms with E-state index in [0.29, 0.717) is 11.6 Å². The minimum absolute atomic E-state index is 0.0621. The summed E-state index contributed by atoms with van der Waals surface area (Å²) in [4.78, 5) is 0. The van der Waals surface area contributed by atoms with Gasteiger partial charge in [-0.05, 0) is 42.3 Å². The van der Waals surface area contributed by atoms with Gasteiger partial charge in [-0.1, -0.05) is 35.9 Å². The number of ether oxygens (including phenoxy) is 1. The first-order chi connectivity index (χ1) is 9.24.